The summed E-state index contributed by atoms with van der Waals surface area (Å²) in [6.45, 7) is 3.37. The van der Waals surface area contributed by atoms with Gasteiger partial charge in [0.05, 0.1) is 52.9 Å². The van der Waals surface area contributed by atoms with E-state index in [0.717, 1.165) is 0 Å². The highest BCUT2D eigenvalue weighted by Crippen LogP contribution is 2.32. The lowest BCUT2D eigenvalue weighted by atomic mass is 10.0. The van der Waals surface area contributed by atoms with Gasteiger partial charge < -0.3 is 33.9 Å². The van der Waals surface area contributed by atoms with Crippen molar-refractivity contribution in [2.24, 2.45) is 0 Å². The number of fused-ring (bicyclic) bond motifs is 1. The molecule has 206 valence electrons. The Balaban J connectivity index is 1.27. The lowest BCUT2D eigenvalue weighted by Gasteiger charge is -2.29. The maximum absolute atomic E-state index is 12.9. The molecule has 0 aliphatic carbocycles. The number of imide groups is 1. The Bertz CT molecular complexity index is 1020. The lowest BCUT2D eigenvalue weighted by Crippen LogP contribution is -2.52. The van der Waals surface area contributed by atoms with Crippen molar-refractivity contribution in [2.45, 2.75) is 25.4 Å². The predicted octanol–water partition coefficient (Wildman–Crippen LogP) is 0.102. The van der Waals surface area contributed by atoms with E-state index >= 15 is 0 Å². The summed E-state index contributed by atoms with van der Waals surface area (Å²) in [6.07, 6.45) is 5.51. The van der Waals surface area contributed by atoms with Crippen LogP contribution in [-0.2, 0) is 44.6 Å². The van der Waals surface area contributed by atoms with Crippen LogP contribution in [0.4, 0.5) is 5.69 Å². The highest BCUT2D eigenvalue weighted by atomic mass is 16.6. The summed E-state index contributed by atoms with van der Waals surface area (Å²) in [5, 5.41) is 5.04. The van der Waals surface area contributed by atoms with Gasteiger partial charge in [-0.3, -0.25) is 24.5 Å². The van der Waals surface area contributed by atoms with E-state index in [4.69, 9.17) is 30.1 Å². The van der Waals surface area contributed by atoms with Crippen LogP contribution in [0.15, 0.2) is 18.2 Å². The number of carbonyl (C=O) groups excluding carboxylic acids is 4. The second kappa shape index (κ2) is 15.8. The van der Waals surface area contributed by atoms with Crippen LogP contribution in [0.3, 0.4) is 0 Å². The SMILES string of the molecule is C#CCOCCOCCOCCOCCOCC(=O)Nc1cccc2c1CN(C1CCC(=O)NC1=O)C2=O. The number of amides is 4. The van der Waals surface area contributed by atoms with Crippen molar-refractivity contribution in [1.29, 1.82) is 0 Å². The quantitative estimate of drug-likeness (QED) is 0.163. The highest BCUT2D eigenvalue weighted by molar-refractivity contribution is 6.06. The second-order valence-electron chi connectivity index (χ2n) is 8.43. The Hall–Kier alpha value is -3.34. The molecule has 3 rings (SSSR count). The third kappa shape index (κ3) is 8.90. The molecule has 2 heterocycles. The minimum absolute atomic E-state index is 0.167. The molecular formula is C26H33N3O9. The van der Waals surface area contributed by atoms with Crippen LogP contribution in [0.25, 0.3) is 0 Å². The number of hydrogen-bond acceptors (Lipinski definition) is 9. The summed E-state index contributed by atoms with van der Waals surface area (Å²) in [4.78, 5) is 50.4. The Morgan fingerprint density at radius 1 is 0.974 bits per heavy atom. The molecule has 0 bridgehead atoms. The first kappa shape index (κ1) is 29.2. The van der Waals surface area contributed by atoms with E-state index in [9.17, 15) is 19.2 Å². The molecule has 1 aromatic carbocycles. The van der Waals surface area contributed by atoms with Gasteiger partial charge in [-0.05, 0) is 18.6 Å². The van der Waals surface area contributed by atoms with Gasteiger partial charge in [-0.25, -0.2) is 0 Å². The largest absolute Gasteiger partial charge is 0.377 e. The van der Waals surface area contributed by atoms with E-state index < -0.39 is 11.9 Å². The van der Waals surface area contributed by atoms with Gasteiger partial charge >= 0.3 is 0 Å². The minimum Gasteiger partial charge on any atom is -0.377 e. The van der Waals surface area contributed by atoms with Gasteiger partial charge in [-0.15, -0.1) is 6.42 Å². The molecule has 1 unspecified atom stereocenters. The second-order valence-corrected chi connectivity index (χ2v) is 8.43. The number of rotatable bonds is 17. The van der Waals surface area contributed by atoms with E-state index in [1.807, 2.05) is 0 Å². The molecule has 12 heteroatoms. The van der Waals surface area contributed by atoms with Gasteiger partial charge in [-0.1, -0.05) is 12.0 Å². The smallest absolute Gasteiger partial charge is 0.255 e. The van der Waals surface area contributed by atoms with Crippen molar-refractivity contribution in [2.75, 3.05) is 71.4 Å². The number of ether oxygens (including phenoxy) is 5. The van der Waals surface area contributed by atoms with Gasteiger partial charge in [0.25, 0.3) is 5.91 Å². The van der Waals surface area contributed by atoms with Gasteiger partial charge in [0.1, 0.15) is 19.3 Å². The van der Waals surface area contributed by atoms with Gasteiger partial charge in [-0.2, -0.15) is 0 Å². The van der Waals surface area contributed by atoms with E-state index in [-0.39, 0.29) is 56.9 Å². The first-order valence-corrected chi connectivity index (χ1v) is 12.4. The number of anilines is 1. The summed E-state index contributed by atoms with van der Waals surface area (Å²) in [5.41, 5.74) is 1.53. The zero-order chi connectivity index (χ0) is 27.2. The standard InChI is InChI=1S/C26H33N3O9/c1-2-8-34-9-10-35-11-12-36-13-14-37-15-16-38-18-24(31)27-21-5-3-4-19-20(21)17-29(26(19)33)22-6-7-23(30)28-25(22)32/h1,3-5,22H,6-18H2,(H,27,31)(H,28,30,32). The molecule has 4 amide bonds. The third-order valence-corrected chi connectivity index (χ3v) is 5.76. The van der Waals surface area contributed by atoms with Gasteiger partial charge in [0, 0.05) is 29.8 Å². The monoisotopic (exact) mass is 531 g/mol. The van der Waals surface area contributed by atoms with Gasteiger partial charge in [0.2, 0.25) is 17.7 Å². The molecule has 1 atom stereocenters. The third-order valence-electron chi connectivity index (χ3n) is 5.76. The van der Waals surface area contributed by atoms with Gasteiger partial charge in [0.15, 0.2) is 0 Å². The van der Waals surface area contributed by atoms with Crippen LogP contribution >= 0.6 is 0 Å². The molecule has 2 aliphatic heterocycles. The molecule has 38 heavy (non-hydrogen) atoms. The van der Waals surface area contributed by atoms with Crippen LogP contribution in [0.1, 0.15) is 28.8 Å². The van der Waals surface area contributed by atoms with Crippen molar-refractivity contribution in [3.63, 3.8) is 0 Å². The molecule has 0 aromatic heterocycles. The number of benzene rings is 1. The van der Waals surface area contributed by atoms with E-state index in [1.165, 1.54) is 4.90 Å². The van der Waals surface area contributed by atoms with E-state index in [2.05, 4.69) is 16.6 Å². The summed E-state index contributed by atoms with van der Waals surface area (Å²) in [7, 11) is 0. The van der Waals surface area contributed by atoms with Crippen molar-refractivity contribution in [3.05, 3.63) is 29.3 Å². The summed E-state index contributed by atoms with van der Waals surface area (Å²) in [5.74, 6) is 0.865. The maximum atomic E-state index is 12.9. The zero-order valence-electron chi connectivity index (χ0n) is 21.2. The van der Waals surface area contributed by atoms with Crippen LogP contribution < -0.4 is 10.6 Å². The average Bonchev–Trinajstić information content (AvgIpc) is 3.23. The molecule has 2 aliphatic rings. The molecule has 2 N–H and O–H groups in total. The number of carbonyl (C=O) groups is 4. The molecule has 0 radical (unpaired) electrons. The number of terminal acetylenes is 1. The number of hydrogen-bond donors (Lipinski definition) is 2. The molecule has 0 saturated carbocycles. The van der Waals surface area contributed by atoms with Crippen molar-refractivity contribution in [3.8, 4) is 12.3 Å². The maximum Gasteiger partial charge on any atom is 0.255 e. The number of nitrogens with one attached hydrogen (secondary N) is 2. The fraction of sp³-hybridized carbons (Fsp3) is 0.538. The van der Waals surface area contributed by atoms with E-state index in [1.54, 1.807) is 18.2 Å². The Kier molecular flexibility index (Phi) is 12.2. The predicted molar refractivity (Wildman–Crippen MR) is 134 cm³/mol. The normalized spacial score (nSPS) is 16.8. The van der Waals surface area contributed by atoms with Crippen LogP contribution in [0.5, 0.6) is 0 Å². The first-order valence-electron chi connectivity index (χ1n) is 12.4. The van der Waals surface area contributed by atoms with Crippen molar-refractivity contribution in [1.82, 2.24) is 10.2 Å². The van der Waals surface area contributed by atoms with Crippen LogP contribution in [0, 0.1) is 12.3 Å². The van der Waals surface area contributed by atoms with Crippen molar-refractivity contribution < 1.29 is 42.9 Å². The molecule has 1 saturated heterocycles. The first-order chi connectivity index (χ1) is 18.5. The zero-order valence-corrected chi connectivity index (χ0v) is 21.2. The minimum atomic E-state index is -0.720. The summed E-state index contributed by atoms with van der Waals surface area (Å²) >= 11 is 0. The topological polar surface area (TPSA) is 142 Å². The Labute approximate surface area is 221 Å². The fourth-order valence-electron chi connectivity index (χ4n) is 3.96. The number of piperidine rings is 1. The molecule has 12 nitrogen and oxygen atoms in total. The fourth-order valence-corrected chi connectivity index (χ4v) is 3.96. The van der Waals surface area contributed by atoms with Crippen molar-refractivity contribution >= 4 is 29.3 Å². The molecular weight excluding hydrogens is 498 g/mol. The Morgan fingerprint density at radius 3 is 2.24 bits per heavy atom. The molecule has 1 fully saturated rings. The summed E-state index contributed by atoms with van der Waals surface area (Å²) < 4.78 is 26.5. The average molecular weight is 532 g/mol. The Morgan fingerprint density at radius 2 is 1.61 bits per heavy atom. The summed E-state index contributed by atoms with van der Waals surface area (Å²) in [6, 6.07) is 4.29. The highest BCUT2D eigenvalue weighted by Gasteiger charge is 2.39. The van der Waals surface area contributed by atoms with Crippen LogP contribution in [0.2, 0.25) is 0 Å². The molecule has 0 spiro atoms. The molecule has 1 aromatic rings. The van der Waals surface area contributed by atoms with E-state index in [0.29, 0.717) is 63.1 Å². The lowest BCUT2D eigenvalue weighted by molar-refractivity contribution is -0.137. The number of nitrogens with zero attached hydrogens (tertiary/aromatic N) is 1. The van der Waals surface area contributed by atoms with Crippen LogP contribution in [-0.4, -0.2) is 101 Å².